The molecule has 1 atom stereocenters. The van der Waals surface area contributed by atoms with Crippen LogP contribution in [0.5, 0.6) is 11.5 Å². The molecule has 1 heterocycles. The fourth-order valence-corrected chi connectivity index (χ4v) is 3.16. The molecule has 0 saturated carbocycles. The van der Waals surface area contributed by atoms with Crippen LogP contribution in [0.4, 0.5) is 10.5 Å². The second kappa shape index (κ2) is 8.74. The number of benzene rings is 2. The monoisotopic (exact) mass is 402 g/mol. The van der Waals surface area contributed by atoms with Gasteiger partial charge in [-0.2, -0.15) is 0 Å². The molecule has 0 bridgehead atoms. The van der Waals surface area contributed by atoms with E-state index in [4.69, 9.17) is 21.1 Å². The third-order valence-electron chi connectivity index (χ3n) is 4.44. The number of rotatable bonds is 5. The predicted octanol–water partition coefficient (Wildman–Crippen LogP) is 5.80. The molecule has 0 spiro atoms. The van der Waals surface area contributed by atoms with Crippen LogP contribution in [0.1, 0.15) is 27.2 Å². The van der Waals surface area contributed by atoms with E-state index >= 15 is 0 Å². The number of likely N-dealkylation sites (tertiary alicyclic amines) is 1. The summed E-state index contributed by atoms with van der Waals surface area (Å²) in [5.74, 6) is 1.93. The van der Waals surface area contributed by atoms with Gasteiger partial charge in [-0.3, -0.25) is 0 Å². The average molecular weight is 403 g/mol. The van der Waals surface area contributed by atoms with Gasteiger partial charge in [0.1, 0.15) is 17.1 Å². The largest absolute Gasteiger partial charge is 0.457 e. The number of hydrogen-bond donors (Lipinski definition) is 1. The van der Waals surface area contributed by atoms with Crippen LogP contribution in [-0.2, 0) is 4.74 Å². The fourth-order valence-electron chi connectivity index (χ4n) is 3.03. The zero-order valence-electron chi connectivity index (χ0n) is 16.6. The summed E-state index contributed by atoms with van der Waals surface area (Å²) in [6, 6.07) is 15.1. The number of hydrogen-bond acceptors (Lipinski definition) is 4. The first-order valence-corrected chi connectivity index (χ1v) is 9.91. The SMILES string of the molecule is CC(C)(C)OC(=O)N1CCC(CNc2ccc(Oc3ccc(Cl)cc3)cc2)C1. The van der Waals surface area contributed by atoms with E-state index in [0.717, 1.165) is 43.2 Å². The Morgan fingerprint density at radius 2 is 1.71 bits per heavy atom. The molecule has 1 aliphatic rings. The lowest BCUT2D eigenvalue weighted by Crippen LogP contribution is -2.35. The van der Waals surface area contributed by atoms with E-state index in [1.807, 2.05) is 57.2 Å². The van der Waals surface area contributed by atoms with Gasteiger partial charge in [0.15, 0.2) is 0 Å². The maximum absolute atomic E-state index is 12.1. The Hall–Kier alpha value is -2.40. The number of ether oxygens (including phenoxy) is 2. The van der Waals surface area contributed by atoms with Crippen LogP contribution >= 0.6 is 11.6 Å². The number of nitrogens with one attached hydrogen (secondary N) is 1. The van der Waals surface area contributed by atoms with E-state index in [-0.39, 0.29) is 6.09 Å². The van der Waals surface area contributed by atoms with Gasteiger partial charge in [0.25, 0.3) is 0 Å². The van der Waals surface area contributed by atoms with Crippen LogP contribution < -0.4 is 10.1 Å². The van der Waals surface area contributed by atoms with Crippen molar-refractivity contribution in [3.05, 3.63) is 53.6 Å². The van der Waals surface area contributed by atoms with Crippen molar-refractivity contribution >= 4 is 23.4 Å². The number of nitrogens with zero attached hydrogens (tertiary/aromatic N) is 1. The smallest absolute Gasteiger partial charge is 0.410 e. The predicted molar refractivity (Wildman–Crippen MR) is 112 cm³/mol. The Morgan fingerprint density at radius 1 is 1.11 bits per heavy atom. The summed E-state index contributed by atoms with van der Waals surface area (Å²) < 4.78 is 11.2. The lowest BCUT2D eigenvalue weighted by Gasteiger charge is -2.24. The molecule has 0 aliphatic carbocycles. The molecule has 150 valence electrons. The van der Waals surface area contributed by atoms with Crippen LogP contribution in [-0.4, -0.2) is 36.2 Å². The summed E-state index contributed by atoms with van der Waals surface area (Å²) in [6.07, 6.45) is 0.753. The zero-order valence-corrected chi connectivity index (χ0v) is 17.3. The second-order valence-electron chi connectivity index (χ2n) is 8.04. The van der Waals surface area contributed by atoms with Gasteiger partial charge in [0.2, 0.25) is 0 Å². The molecule has 6 heteroatoms. The highest BCUT2D eigenvalue weighted by Gasteiger charge is 2.29. The van der Waals surface area contributed by atoms with E-state index in [1.54, 1.807) is 17.0 Å². The Bertz CT molecular complexity index is 785. The fraction of sp³-hybridized carbons (Fsp3) is 0.409. The van der Waals surface area contributed by atoms with Gasteiger partial charge in [0, 0.05) is 30.3 Å². The van der Waals surface area contributed by atoms with Crippen LogP contribution in [0.15, 0.2) is 48.5 Å². The first-order valence-electron chi connectivity index (χ1n) is 9.54. The third kappa shape index (κ3) is 6.06. The lowest BCUT2D eigenvalue weighted by atomic mass is 10.1. The molecule has 1 N–H and O–H groups in total. The molecule has 2 aromatic carbocycles. The minimum atomic E-state index is -0.455. The second-order valence-corrected chi connectivity index (χ2v) is 8.48. The standard InChI is InChI=1S/C22H27ClN2O3/c1-22(2,3)28-21(26)25-13-12-16(15-25)14-24-18-6-10-20(11-7-18)27-19-8-4-17(23)5-9-19/h4-11,16,24H,12-15H2,1-3H3. The first kappa shape index (κ1) is 20.3. The van der Waals surface area contributed by atoms with E-state index in [1.165, 1.54) is 0 Å². The molecular formula is C22H27ClN2O3. The molecule has 1 saturated heterocycles. The molecule has 1 aliphatic heterocycles. The third-order valence-corrected chi connectivity index (χ3v) is 4.69. The molecule has 1 amide bonds. The van der Waals surface area contributed by atoms with Crippen molar-refractivity contribution < 1.29 is 14.3 Å². The number of amides is 1. The van der Waals surface area contributed by atoms with Crippen LogP contribution in [0.25, 0.3) is 0 Å². The van der Waals surface area contributed by atoms with Crippen molar-refractivity contribution in [3.63, 3.8) is 0 Å². The molecular weight excluding hydrogens is 376 g/mol. The van der Waals surface area contributed by atoms with Gasteiger partial charge < -0.3 is 19.7 Å². The van der Waals surface area contributed by atoms with Crippen molar-refractivity contribution in [2.75, 3.05) is 25.0 Å². The quantitative estimate of drug-likeness (QED) is 0.686. The molecule has 3 rings (SSSR count). The Balaban J connectivity index is 1.45. The highest BCUT2D eigenvalue weighted by molar-refractivity contribution is 6.30. The molecule has 0 aromatic heterocycles. The summed E-state index contributed by atoms with van der Waals surface area (Å²) in [5.41, 5.74) is 0.572. The summed E-state index contributed by atoms with van der Waals surface area (Å²) in [4.78, 5) is 13.9. The van der Waals surface area contributed by atoms with E-state index in [2.05, 4.69) is 5.32 Å². The molecule has 0 radical (unpaired) electrons. The minimum absolute atomic E-state index is 0.223. The van der Waals surface area contributed by atoms with E-state index in [0.29, 0.717) is 10.9 Å². The molecule has 5 nitrogen and oxygen atoms in total. The lowest BCUT2D eigenvalue weighted by molar-refractivity contribution is 0.0289. The summed E-state index contributed by atoms with van der Waals surface area (Å²) in [7, 11) is 0. The van der Waals surface area contributed by atoms with Crippen molar-refractivity contribution in [2.45, 2.75) is 32.8 Å². The molecule has 1 unspecified atom stereocenters. The highest BCUT2D eigenvalue weighted by atomic mass is 35.5. The number of carbonyl (C=O) groups is 1. The topological polar surface area (TPSA) is 50.8 Å². The van der Waals surface area contributed by atoms with Gasteiger partial charge in [0.05, 0.1) is 0 Å². The number of anilines is 1. The van der Waals surface area contributed by atoms with Crippen LogP contribution in [0, 0.1) is 5.92 Å². The van der Waals surface area contributed by atoms with Gasteiger partial charge in [-0.15, -0.1) is 0 Å². The van der Waals surface area contributed by atoms with E-state index < -0.39 is 5.60 Å². The highest BCUT2D eigenvalue weighted by Crippen LogP contribution is 2.25. The van der Waals surface area contributed by atoms with Gasteiger partial charge in [-0.05, 0) is 81.6 Å². The first-order chi connectivity index (χ1) is 13.3. The van der Waals surface area contributed by atoms with Crippen molar-refractivity contribution in [1.82, 2.24) is 4.90 Å². The summed E-state index contributed by atoms with van der Waals surface area (Å²) in [5, 5.41) is 4.13. The van der Waals surface area contributed by atoms with Crippen molar-refractivity contribution in [3.8, 4) is 11.5 Å². The molecule has 2 aromatic rings. The van der Waals surface area contributed by atoms with Crippen LogP contribution in [0.3, 0.4) is 0 Å². The minimum Gasteiger partial charge on any atom is -0.457 e. The van der Waals surface area contributed by atoms with Gasteiger partial charge in [-0.25, -0.2) is 4.79 Å². The molecule has 28 heavy (non-hydrogen) atoms. The average Bonchev–Trinajstić information content (AvgIpc) is 3.11. The Labute approximate surface area is 171 Å². The maximum atomic E-state index is 12.1. The zero-order chi connectivity index (χ0) is 20.1. The van der Waals surface area contributed by atoms with Crippen molar-refractivity contribution in [1.29, 1.82) is 0 Å². The summed E-state index contributed by atoms with van der Waals surface area (Å²) in [6.45, 7) is 7.95. The van der Waals surface area contributed by atoms with Crippen molar-refractivity contribution in [2.24, 2.45) is 5.92 Å². The van der Waals surface area contributed by atoms with E-state index in [9.17, 15) is 4.79 Å². The number of carbonyl (C=O) groups excluding carboxylic acids is 1. The van der Waals surface area contributed by atoms with Crippen LogP contribution in [0.2, 0.25) is 5.02 Å². The normalized spacial score (nSPS) is 16.7. The summed E-state index contributed by atoms with van der Waals surface area (Å²) >= 11 is 5.89. The Morgan fingerprint density at radius 3 is 2.32 bits per heavy atom. The Kier molecular flexibility index (Phi) is 6.35. The number of halogens is 1. The van der Waals surface area contributed by atoms with Gasteiger partial charge >= 0.3 is 6.09 Å². The maximum Gasteiger partial charge on any atom is 0.410 e. The molecule has 1 fully saturated rings. The van der Waals surface area contributed by atoms with Gasteiger partial charge in [-0.1, -0.05) is 11.6 Å².